The fourth-order valence-corrected chi connectivity index (χ4v) is 2.36. The van der Waals surface area contributed by atoms with Crippen LogP contribution in [0.2, 0.25) is 0 Å². The molecule has 4 nitrogen and oxygen atoms in total. The van der Waals surface area contributed by atoms with Crippen LogP contribution in [0.3, 0.4) is 0 Å². The van der Waals surface area contributed by atoms with Gasteiger partial charge in [0.25, 0.3) is 0 Å². The van der Waals surface area contributed by atoms with Gasteiger partial charge in [0.1, 0.15) is 11.7 Å². The first-order valence-electron chi connectivity index (χ1n) is 6.11. The summed E-state index contributed by atoms with van der Waals surface area (Å²) >= 11 is 0. The standard InChI is InChI=1S/C13H18FN3O/c14-10-1-2-12(11(7-10)13(15)16)17-5-3-9(8-18)4-6-17/h1-2,7,9,18H,3-6,8H2,(H3,15,16). The van der Waals surface area contributed by atoms with E-state index in [0.717, 1.165) is 31.6 Å². The maximum Gasteiger partial charge on any atom is 0.125 e. The molecule has 2 rings (SSSR count). The third-order valence-electron chi connectivity index (χ3n) is 3.46. The first-order valence-corrected chi connectivity index (χ1v) is 6.11. The van der Waals surface area contributed by atoms with Gasteiger partial charge in [-0.05, 0) is 37.0 Å². The van der Waals surface area contributed by atoms with Gasteiger partial charge in [0.05, 0.1) is 0 Å². The maximum absolute atomic E-state index is 13.2. The largest absolute Gasteiger partial charge is 0.396 e. The second-order valence-corrected chi connectivity index (χ2v) is 4.69. The minimum Gasteiger partial charge on any atom is -0.396 e. The molecule has 18 heavy (non-hydrogen) atoms. The number of aliphatic hydroxyl groups is 1. The van der Waals surface area contributed by atoms with E-state index in [-0.39, 0.29) is 18.3 Å². The number of benzene rings is 1. The smallest absolute Gasteiger partial charge is 0.125 e. The molecule has 4 N–H and O–H groups in total. The average Bonchev–Trinajstić information content (AvgIpc) is 2.39. The second kappa shape index (κ2) is 5.35. The fraction of sp³-hybridized carbons (Fsp3) is 0.462. The van der Waals surface area contributed by atoms with Gasteiger partial charge in [-0.25, -0.2) is 4.39 Å². The molecule has 98 valence electrons. The predicted molar refractivity (Wildman–Crippen MR) is 69.4 cm³/mol. The molecule has 1 aromatic carbocycles. The Labute approximate surface area is 106 Å². The highest BCUT2D eigenvalue weighted by Gasteiger charge is 2.21. The van der Waals surface area contributed by atoms with Gasteiger partial charge >= 0.3 is 0 Å². The van der Waals surface area contributed by atoms with Gasteiger partial charge < -0.3 is 15.7 Å². The van der Waals surface area contributed by atoms with Crippen LogP contribution < -0.4 is 10.6 Å². The number of aliphatic hydroxyl groups excluding tert-OH is 1. The summed E-state index contributed by atoms with van der Waals surface area (Å²) in [7, 11) is 0. The quantitative estimate of drug-likeness (QED) is 0.560. The molecule has 0 bridgehead atoms. The predicted octanol–water partition coefficient (Wildman–Crippen LogP) is 1.32. The molecule has 1 aliphatic rings. The van der Waals surface area contributed by atoms with Crippen molar-refractivity contribution < 1.29 is 9.50 Å². The van der Waals surface area contributed by atoms with E-state index in [2.05, 4.69) is 4.90 Å². The Kier molecular flexibility index (Phi) is 3.81. The number of anilines is 1. The van der Waals surface area contributed by atoms with Crippen molar-refractivity contribution in [1.82, 2.24) is 0 Å². The summed E-state index contributed by atoms with van der Waals surface area (Å²) in [6.07, 6.45) is 1.82. The van der Waals surface area contributed by atoms with E-state index in [1.54, 1.807) is 6.07 Å². The van der Waals surface area contributed by atoms with E-state index in [4.69, 9.17) is 16.2 Å². The number of hydrogen-bond donors (Lipinski definition) is 3. The van der Waals surface area contributed by atoms with Gasteiger partial charge in [0.15, 0.2) is 0 Å². The molecule has 5 heteroatoms. The Hall–Kier alpha value is -1.62. The van der Waals surface area contributed by atoms with Crippen molar-refractivity contribution in [1.29, 1.82) is 5.41 Å². The zero-order valence-corrected chi connectivity index (χ0v) is 10.2. The summed E-state index contributed by atoms with van der Waals surface area (Å²) < 4.78 is 13.2. The Morgan fingerprint density at radius 1 is 1.44 bits per heavy atom. The van der Waals surface area contributed by atoms with Crippen LogP contribution in [-0.4, -0.2) is 30.6 Å². The molecule has 1 aliphatic heterocycles. The number of nitrogens with zero attached hydrogens (tertiary/aromatic N) is 1. The molecule has 1 fully saturated rings. The van der Waals surface area contributed by atoms with Gasteiger partial charge in [-0.2, -0.15) is 0 Å². The van der Waals surface area contributed by atoms with E-state index in [9.17, 15) is 4.39 Å². The minimum absolute atomic E-state index is 0.117. The lowest BCUT2D eigenvalue weighted by molar-refractivity contribution is 0.203. The number of nitrogens with two attached hydrogens (primary N) is 1. The highest BCUT2D eigenvalue weighted by molar-refractivity contribution is 6.00. The normalized spacial score (nSPS) is 16.9. The van der Waals surface area contributed by atoms with Gasteiger partial charge in [-0.1, -0.05) is 0 Å². The molecular formula is C13H18FN3O. The lowest BCUT2D eigenvalue weighted by Crippen LogP contribution is -2.36. The number of piperidine rings is 1. The van der Waals surface area contributed by atoms with E-state index in [1.165, 1.54) is 12.1 Å². The zero-order valence-electron chi connectivity index (χ0n) is 10.2. The molecular weight excluding hydrogens is 233 g/mol. The number of rotatable bonds is 3. The van der Waals surface area contributed by atoms with Crippen LogP contribution in [0.15, 0.2) is 18.2 Å². The highest BCUT2D eigenvalue weighted by Crippen LogP contribution is 2.26. The van der Waals surface area contributed by atoms with Crippen molar-refractivity contribution >= 4 is 11.5 Å². The summed E-state index contributed by atoms with van der Waals surface area (Å²) in [5, 5.41) is 16.6. The topological polar surface area (TPSA) is 73.3 Å². The van der Waals surface area contributed by atoms with Gasteiger partial charge in [-0.3, -0.25) is 5.41 Å². The Morgan fingerprint density at radius 3 is 2.67 bits per heavy atom. The first kappa shape index (κ1) is 12.8. The SMILES string of the molecule is N=C(N)c1cc(F)ccc1N1CCC(CO)CC1. The molecule has 1 heterocycles. The molecule has 1 saturated heterocycles. The van der Waals surface area contributed by atoms with Gasteiger partial charge in [0.2, 0.25) is 0 Å². The molecule has 0 amide bonds. The molecule has 0 unspecified atom stereocenters. The molecule has 0 atom stereocenters. The summed E-state index contributed by atoms with van der Waals surface area (Å²) in [5.41, 5.74) is 6.74. The fourth-order valence-electron chi connectivity index (χ4n) is 2.36. The highest BCUT2D eigenvalue weighted by atomic mass is 19.1. The molecule has 0 saturated carbocycles. The molecule has 0 radical (unpaired) electrons. The van der Waals surface area contributed by atoms with E-state index >= 15 is 0 Å². The minimum atomic E-state index is -0.380. The summed E-state index contributed by atoms with van der Waals surface area (Å²) in [6, 6.07) is 4.36. The number of halogens is 1. The summed E-state index contributed by atoms with van der Waals surface area (Å²) in [4.78, 5) is 2.10. The lowest BCUT2D eigenvalue weighted by atomic mass is 9.96. The average molecular weight is 251 g/mol. The van der Waals surface area contributed by atoms with Crippen molar-refractivity contribution in [3.63, 3.8) is 0 Å². The molecule has 1 aromatic rings. The van der Waals surface area contributed by atoms with E-state index < -0.39 is 0 Å². The van der Waals surface area contributed by atoms with Crippen LogP contribution in [0.25, 0.3) is 0 Å². The molecule has 0 spiro atoms. The van der Waals surface area contributed by atoms with Crippen LogP contribution in [0.4, 0.5) is 10.1 Å². The number of nitrogens with one attached hydrogen (secondary N) is 1. The first-order chi connectivity index (χ1) is 8.61. The van der Waals surface area contributed by atoms with Gasteiger partial charge in [0, 0.05) is 30.9 Å². The van der Waals surface area contributed by atoms with Crippen LogP contribution in [0.1, 0.15) is 18.4 Å². The number of amidine groups is 1. The third kappa shape index (κ3) is 2.61. The van der Waals surface area contributed by atoms with Crippen molar-refractivity contribution in [3.05, 3.63) is 29.6 Å². The van der Waals surface area contributed by atoms with Crippen LogP contribution >= 0.6 is 0 Å². The van der Waals surface area contributed by atoms with Gasteiger partial charge in [-0.15, -0.1) is 0 Å². The van der Waals surface area contributed by atoms with Crippen LogP contribution in [0.5, 0.6) is 0 Å². The van der Waals surface area contributed by atoms with Crippen LogP contribution in [-0.2, 0) is 0 Å². The van der Waals surface area contributed by atoms with Crippen molar-refractivity contribution in [2.45, 2.75) is 12.8 Å². The maximum atomic E-state index is 13.2. The summed E-state index contributed by atoms with van der Waals surface area (Å²) in [6.45, 7) is 1.82. The van der Waals surface area contributed by atoms with Crippen LogP contribution in [0, 0.1) is 17.1 Å². The van der Waals surface area contributed by atoms with E-state index in [0.29, 0.717) is 11.5 Å². The number of hydrogen-bond acceptors (Lipinski definition) is 3. The Morgan fingerprint density at radius 2 is 2.11 bits per heavy atom. The van der Waals surface area contributed by atoms with E-state index in [1.807, 2.05) is 0 Å². The van der Waals surface area contributed by atoms with Crippen molar-refractivity contribution in [3.8, 4) is 0 Å². The summed E-state index contributed by atoms with van der Waals surface area (Å²) in [5.74, 6) is -0.148. The molecule has 0 aliphatic carbocycles. The van der Waals surface area contributed by atoms with Crippen molar-refractivity contribution in [2.75, 3.05) is 24.6 Å². The Bertz CT molecular complexity index is 442. The second-order valence-electron chi connectivity index (χ2n) is 4.69. The Balaban J connectivity index is 2.21. The number of nitrogen functional groups attached to an aromatic ring is 1. The monoisotopic (exact) mass is 251 g/mol. The molecule has 0 aromatic heterocycles. The zero-order chi connectivity index (χ0) is 13.1. The van der Waals surface area contributed by atoms with Crippen molar-refractivity contribution in [2.24, 2.45) is 11.7 Å². The lowest BCUT2D eigenvalue weighted by Gasteiger charge is -2.34. The third-order valence-corrected chi connectivity index (χ3v) is 3.46.